The smallest absolute Gasteiger partial charge is 0.409 e. The molecule has 54 heavy (non-hydrogen) atoms. The summed E-state index contributed by atoms with van der Waals surface area (Å²) in [5.74, 6) is -1.48. The van der Waals surface area contributed by atoms with Gasteiger partial charge in [0, 0.05) is 45.2 Å². The lowest BCUT2D eigenvalue weighted by atomic mass is 9.83. The zero-order valence-corrected chi connectivity index (χ0v) is 35.1. The van der Waals surface area contributed by atoms with Crippen LogP contribution in [-0.2, 0) is 39.8 Å². The van der Waals surface area contributed by atoms with Gasteiger partial charge < -0.3 is 38.6 Å². The van der Waals surface area contributed by atoms with Crippen molar-refractivity contribution in [3.8, 4) is 5.75 Å². The maximum absolute atomic E-state index is 14.2. The number of epoxide rings is 1. The monoisotopic (exact) mass is 811 g/mol. The van der Waals surface area contributed by atoms with Crippen molar-refractivity contribution in [1.29, 1.82) is 0 Å². The van der Waals surface area contributed by atoms with Crippen LogP contribution in [0.5, 0.6) is 5.75 Å². The first kappa shape index (κ1) is 43.8. The molecule has 3 amide bonds. The van der Waals surface area contributed by atoms with Crippen LogP contribution in [0.4, 0.5) is 10.5 Å². The van der Waals surface area contributed by atoms with E-state index in [0.717, 1.165) is 11.1 Å². The molecule has 4 bridgehead atoms. The van der Waals surface area contributed by atoms with Crippen molar-refractivity contribution in [3.05, 3.63) is 46.5 Å². The fraction of sp³-hybridized carbons (Fsp3) is 0.632. The van der Waals surface area contributed by atoms with Crippen LogP contribution < -0.4 is 15.0 Å². The van der Waals surface area contributed by atoms with Gasteiger partial charge in [-0.25, -0.2) is 9.59 Å². The number of benzene rings is 1. The number of amides is 3. The lowest BCUT2D eigenvalue weighted by Gasteiger charge is -2.42. The predicted molar refractivity (Wildman–Crippen MR) is 211 cm³/mol. The highest BCUT2D eigenvalue weighted by Gasteiger charge is 2.64. The van der Waals surface area contributed by atoms with E-state index >= 15 is 0 Å². The molecule has 13 nitrogen and oxygen atoms in total. The fourth-order valence-corrected chi connectivity index (χ4v) is 9.06. The van der Waals surface area contributed by atoms with Gasteiger partial charge in [0.05, 0.1) is 25.3 Å². The number of likely N-dealkylation sites (N-methyl/N-ethyl adjacent to an activating group) is 1. The van der Waals surface area contributed by atoms with Crippen LogP contribution >= 0.6 is 33.2 Å². The molecule has 0 saturated carbocycles. The van der Waals surface area contributed by atoms with Gasteiger partial charge in [-0.15, -0.1) is 0 Å². The van der Waals surface area contributed by atoms with Gasteiger partial charge in [0.2, 0.25) is 11.8 Å². The molecule has 2 saturated heterocycles. The SMILES string of the molecule is COc1cc2cc(c1Cl)N(C)C(=O)CC(OC(=O)[C@@H](C)N(C)C(=O)CC[C@H](C)SSC)C1(C)OC1C(C)C1CC(O)(NC(=O)O1)C(OC)/C=C/C=C(\C)C2. The van der Waals surface area contributed by atoms with Crippen molar-refractivity contribution in [2.24, 2.45) is 5.92 Å². The predicted octanol–water partition coefficient (Wildman–Crippen LogP) is 5.69. The van der Waals surface area contributed by atoms with E-state index in [4.69, 9.17) is 35.3 Å². The van der Waals surface area contributed by atoms with Crippen LogP contribution in [0.3, 0.4) is 0 Å². The fourth-order valence-electron chi connectivity index (χ4n) is 6.93. The number of nitrogens with zero attached hydrogens (tertiary/aromatic N) is 2. The maximum atomic E-state index is 14.2. The topological polar surface area (TPSA) is 156 Å². The number of hydrogen-bond donors (Lipinski definition) is 2. The number of aliphatic hydroxyl groups is 1. The van der Waals surface area contributed by atoms with Crippen LogP contribution in [0.15, 0.2) is 35.9 Å². The standard InChI is InChI=1S/C38H54ClN3O10S2/c1-21-12-11-13-29(49-9)38(47)20-28(50-36(46)40-38)23(3)34-37(5,52-34)30(51-35(45)24(4)41(6)31(43)15-14-22(2)54-53-10)19-32(44)42(7)26-17-25(16-21)18-27(48-8)33(26)39/h11-13,17-18,22-24,28-30,34,47H,14-16,19-20H2,1-10H3,(H,40,46)/b13-11+,21-12+/t22-,23?,24+,28?,29?,30?,34?,37?,38?/m0/s1. The van der Waals surface area contributed by atoms with Gasteiger partial charge in [0.25, 0.3) is 0 Å². The molecule has 4 rings (SSSR count). The molecule has 16 heteroatoms. The highest BCUT2D eigenvalue weighted by molar-refractivity contribution is 8.76. The number of ether oxygens (including phenoxy) is 5. The lowest BCUT2D eigenvalue weighted by Crippen LogP contribution is -2.63. The van der Waals surface area contributed by atoms with E-state index in [-0.39, 0.29) is 35.4 Å². The third-order valence-corrected chi connectivity index (χ3v) is 13.2. The second-order valence-electron chi connectivity index (χ2n) is 14.5. The van der Waals surface area contributed by atoms with Crippen molar-refractivity contribution in [2.75, 3.05) is 39.5 Å². The first-order valence-corrected chi connectivity index (χ1v) is 20.9. The van der Waals surface area contributed by atoms with Crippen LogP contribution in [0.1, 0.15) is 65.9 Å². The first-order chi connectivity index (χ1) is 25.4. The largest absolute Gasteiger partial charge is 0.495 e. The van der Waals surface area contributed by atoms with Gasteiger partial charge in [0.1, 0.15) is 40.7 Å². The molecule has 2 fully saturated rings. The summed E-state index contributed by atoms with van der Waals surface area (Å²) in [5, 5.41) is 14.8. The minimum Gasteiger partial charge on any atom is -0.495 e. The Kier molecular flexibility index (Phi) is 14.9. The molecule has 3 heterocycles. The quantitative estimate of drug-likeness (QED) is 0.169. The second-order valence-corrected chi connectivity index (χ2v) is 17.8. The number of alkyl carbamates (subject to hydrolysis) is 1. The molecule has 1 aromatic rings. The molecule has 9 atom stereocenters. The normalized spacial score (nSPS) is 31.4. The molecule has 2 N–H and O–H groups in total. The molecule has 1 aromatic carbocycles. The van der Waals surface area contributed by atoms with Gasteiger partial charge in [-0.2, -0.15) is 0 Å². The summed E-state index contributed by atoms with van der Waals surface area (Å²) in [4.78, 5) is 56.7. The van der Waals surface area contributed by atoms with Gasteiger partial charge in [0.15, 0.2) is 5.72 Å². The minimum atomic E-state index is -1.82. The van der Waals surface area contributed by atoms with Gasteiger partial charge in [-0.1, -0.05) is 70.8 Å². The third-order valence-electron chi connectivity index (χ3n) is 10.5. The molecule has 3 aliphatic heterocycles. The number of allylic oxidation sites excluding steroid dienone is 3. The van der Waals surface area contributed by atoms with E-state index < -0.39 is 65.7 Å². The second kappa shape index (κ2) is 18.3. The Hall–Kier alpha value is -2.95. The average Bonchev–Trinajstić information content (AvgIpc) is 3.82. The Morgan fingerprint density at radius 3 is 2.59 bits per heavy atom. The number of esters is 1. The van der Waals surface area contributed by atoms with Gasteiger partial charge in [-0.05, 0) is 57.6 Å². The van der Waals surface area contributed by atoms with E-state index in [1.807, 2.05) is 33.1 Å². The molecule has 300 valence electrons. The Morgan fingerprint density at radius 2 is 1.94 bits per heavy atom. The number of nitrogens with one attached hydrogen (secondary N) is 1. The Balaban J connectivity index is 1.72. The Morgan fingerprint density at radius 1 is 1.24 bits per heavy atom. The number of hydrogen-bond acceptors (Lipinski definition) is 12. The molecule has 0 aliphatic carbocycles. The van der Waals surface area contributed by atoms with E-state index in [0.29, 0.717) is 24.3 Å². The van der Waals surface area contributed by atoms with Crippen LogP contribution in [0.25, 0.3) is 0 Å². The molecule has 0 spiro atoms. The Bertz CT molecular complexity index is 1630. The number of halogens is 1. The number of fused-ring (bicyclic) bond motifs is 5. The zero-order chi connectivity index (χ0) is 40.1. The molecule has 0 radical (unpaired) electrons. The highest BCUT2D eigenvalue weighted by Crippen LogP contribution is 2.49. The number of rotatable bonds is 10. The number of anilines is 1. The van der Waals surface area contributed by atoms with Crippen molar-refractivity contribution < 1.29 is 48.0 Å². The van der Waals surface area contributed by atoms with Crippen molar-refractivity contribution in [3.63, 3.8) is 0 Å². The van der Waals surface area contributed by atoms with Gasteiger partial charge >= 0.3 is 12.1 Å². The lowest BCUT2D eigenvalue weighted by molar-refractivity contribution is -0.162. The summed E-state index contributed by atoms with van der Waals surface area (Å²) in [6.07, 6.45) is 3.89. The molecular weight excluding hydrogens is 758 g/mol. The molecular formula is C38H54ClN3O10S2. The average molecular weight is 812 g/mol. The number of carbonyl (C=O) groups is 4. The number of carbonyl (C=O) groups excluding carboxylic acids is 4. The minimum absolute atomic E-state index is 0.0460. The summed E-state index contributed by atoms with van der Waals surface area (Å²) in [6.45, 7) is 9.09. The Labute approximate surface area is 331 Å². The summed E-state index contributed by atoms with van der Waals surface area (Å²) >= 11 is 6.77. The van der Waals surface area contributed by atoms with Crippen LogP contribution in [0.2, 0.25) is 5.02 Å². The summed E-state index contributed by atoms with van der Waals surface area (Å²) in [5.41, 5.74) is -0.890. The van der Waals surface area contributed by atoms with Crippen LogP contribution in [0, 0.1) is 5.92 Å². The highest BCUT2D eigenvalue weighted by atomic mass is 35.5. The van der Waals surface area contributed by atoms with Crippen molar-refractivity contribution in [1.82, 2.24) is 10.2 Å². The summed E-state index contributed by atoms with van der Waals surface area (Å²) in [7, 11) is 9.38. The zero-order valence-electron chi connectivity index (χ0n) is 32.7. The molecule has 7 unspecified atom stereocenters. The summed E-state index contributed by atoms with van der Waals surface area (Å²) < 4.78 is 29.3. The summed E-state index contributed by atoms with van der Waals surface area (Å²) in [6, 6.07) is 2.63. The first-order valence-electron chi connectivity index (χ1n) is 17.9. The maximum Gasteiger partial charge on any atom is 0.409 e. The number of methoxy groups -OCH3 is 2. The molecule has 0 aromatic heterocycles. The van der Waals surface area contributed by atoms with E-state index in [1.54, 1.807) is 73.8 Å². The van der Waals surface area contributed by atoms with E-state index in [2.05, 4.69) is 5.32 Å². The third kappa shape index (κ3) is 10.1. The van der Waals surface area contributed by atoms with E-state index in [1.165, 1.54) is 24.0 Å². The van der Waals surface area contributed by atoms with Crippen molar-refractivity contribution in [2.45, 2.75) is 114 Å². The van der Waals surface area contributed by atoms with E-state index in [9.17, 15) is 24.3 Å². The van der Waals surface area contributed by atoms with Gasteiger partial charge in [-0.3, -0.25) is 14.9 Å². The molecule has 3 aliphatic rings. The van der Waals surface area contributed by atoms with Crippen molar-refractivity contribution >= 4 is 62.8 Å². The van der Waals surface area contributed by atoms with Crippen LogP contribution in [-0.4, -0.2) is 115 Å².